The van der Waals surface area contributed by atoms with Gasteiger partial charge in [0, 0.05) is 17.0 Å². The Labute approximate surface area is 183 Å². The third-order valence-corrected chi connectivity index (χ3v) is 6.10. The summed E-state index contributed by atoms with van der Waals surface area (Å²) in [7, 11) is 1.66. The van der Waals surface area contributed by atoms with Gasteiger partial charge >= 0.3 is 0 Å². The molecule has 3 aromatic carbocycles. The van der Waals surface area contributed by atoms with E-state index < -0.39 is 0 Å². The minimum Gasteiger partial charge on any atom is -0.497 e. The third kappa shape index (κ3) is 3.90. The summed E-state index contributed by atoms with van der Waals surface area (Å²) in [5.41, 5.74) is 7.09. The first kappa shape index (κ1) is 19.3. The molecule has 0 radical (unpaired) electrons. The van der Waals surface area contributed by atoms with Crippen LogP contribution >= 0.6 is 11.3 Å². The Morgan fingerprint density at radius 3 is 2.65 bits per heavy atom. The Bertz CT molecular complexity index is 1400. The average Bonchev–Trinajstić information content (AvgIpc) is 3.25. The van der Waals surface area contributed by atoms with Gasteiger partial charge in [-0.15, -0.1) is 0 Å². The van der Waals surface area contributed by atoms with Gasteiger partial charge < -0.3 is 9.15 Å². The number of nitrogens with one attached hydrogen (secondary N) is 1. The number of para-hydroxylation sites is 1. The monoisotopic (exact) mass is 427 g/mol. The molecule has 0 aliphatic heterocycles. The molecule has 1 N–H and O–H groups in total. The molecule has 0 saturated heterocycles. The van der Waals surface area contributed by atoms with E-state index in [-0.39, 0.29) is 0 Å². The number of hydrogen-bond acceptors (Lipinski definition) is 6. The molecular formula is C25H21N3O2S. The van der Waals surface area contributed by atoms with Crippen molar-refractivity contribution in [2.45, 2.75) is 13.3 Å². The van der Waals surface area contributed by atoms with E-state index in [1.807, 2.05) is 54.6 Å². The van der Waals surface area contributed by atoms with Crippen LogP contribution in [0.3, 0.4) is 0 Å². The van der Waals surface area contributed by atoms with Gasteiger partial charge in [0.05, 0.1) is 22.7 Å². The fourth-order valence-corrected chi connectivity index (χ4v) is 4.26. The molecule has 5 rings (SSSR count). The van der Waals surface area contributed by atoms with Crippen molar-refractivity contribution in [1.82, 2.24) is 4.98 Å². The van der Waals surface area contributed by atoms with E-state index in [9.17, 15) is 0 Å². The SMILES string of the molecule is CCc1ccc2oc(-c3ccc(OC)cc3)cc(=NNc3nc4ccccc4s3)c2c1. The highest BCUT2D eigenvalue weighted by atomic mass is 32.1. The Morgan fingerprint density at radius 2 is 1.87 bits per heavy atom. The Kier molecular flexibility index (Phi) is 5.14. The number of benzene rings is 3. The lowest BCUT2D eigenvalue weighted by molar-refractivity contribution is 0.415. The predicted octanol–water partition coefficient (Wildman–Crippen LogP) is 6.21. The topological polar surface area (TPSA) is 59.7 Å². The molecule has 0 aliphatic rings. The standard InChI is InChI=1S/C25H21N3O2S/c1-3-16-8-13-22-19(14-16)21(15-23(30-22)17-9-11-18(29-2)12-10-17)27-28-25-26-20-6-4-5-7-24(20)31-25/h4-15H,3H2,1-2H3,(H,26,28). The highest BCUT2D eigenvalue weighted by Gasteiger charge is 2.08. The molecule has 5 nitrogen and oxygen atoms in total. The maximum atomic E-state index is 6.22. The van der Waals surface area contributed by atoms with E-state index in [1.54, 1.807) is 18.4 Å². The average molecular weight is 428 g/mol. The van der Waals surface area contributed by atoms with Crippen molar-refractivity contribution >= 4 is 37.7 Å². The van der Waals surface area contributed by atoms with Gasteiger partial charge in [0.15, 0.2) is 0 Å². The summed E-state index contributed by atoms with van der Waals surface area (Å²) in [5, 5.41) is 7.24. The van der Waals surface area contributed by atoms with Gasteiger partial charge in [0.2, 0.25) is 5.13 Å². The van der Waals surface area contributed by atoms with Crippen molar-refractivity contribution in [2.24, 2.45) is 5.10 Å². The number of thiazole rings is 1. The molecule has 154 valence electrons. The summed E-state index contributed by atoms with van der Waals surface area (Å²) in [6.07, 6.45) is 0.945. The highest BCUT2D eigenvalue weighted by molar-refractivity contribution is 7.22. The van der Waals surface area contributed by atoms with Gasteiger partial charge in [-0.05, 0) is 60.5 Å². The van der Waals surface area contributed by atoms with Crippen molar-refractivity contribution in [3.8, 4) is 17.1 Å². The number of fused-ring (bicyclic) bond motifs is 2. The van der Waals surface area contributed by atoms with Gasteiger partial charge in [-0.25, -0.2) is 4.98 Å². The number of aryl methyl sites for hydroxylation is 1. The van der Waals surface area contributed by atoms with E-state index in [1.165, 1.54) is 5.56 Å². The molecule has 0 bridgehead atoms. The third-order valence-electron chi connectivity index (χ3n) is 5.16. The highest BCUT2D eigenvalue weighted by Crippen LogP contribution is 2.27. The van der Waals surface area contributed by atoms with Gasteiger partial charge in [-0.3, -0.25) is 5.43 Å². The van der Waals surface area contributed by atoms with Crippen LogP contribution in [0, 0.1) is 0 Å². The molecule has 0 amide bonds. The normalized spacial score (nSPS) is 11.9. The van der Waals surface area contributed by atoms with Crippen molar-refractivity contribution in [2.75, 3.05) is 12.5 Å². The minimum atomic E-state index is 0.740. The first-order valence-corrected chi connectivity index (χ1v) is 10.9. The van der Waals surface area contributed by atoms with Gasteiger partial charge in [0.25, 0.3) is 0 Å². The summed E-state index contributed by atoms with van der Waals surface area (Å²) in [6, 6.07) is 24.1. The van der Waals surface area contributed by atoms with E-state index >= 15 is 0 Å². The van der Waals surface area contributed by atoms with E-state index in [4.69, 9.17) is 14.3 Å². The molecule has 0 saturated carbocycles. The van der Waals surface area contributed by atoms with Crippen LogP contribution < -0.4 is 15.5 Å². The first-order chi connectivity index (χ1) is 15.2. The van der Waals surface area contributed by atoms with Crippen LogP contribution in [0.5, 0.6) is 5.75 Å². The maximum Gasteiger partial charge on any atom is 0.204 e. The van der Waals surface area contributed by atoms with Crippen molar-refractivity contribution in [3.05, 3.63) is 83.7 Å². The number of methoxy groups -OCH3 is 1. The smallest absolute Gasteiger partial charge is 0.204 e. The van der Waals surface area contributed by atoms with E-state index in [0.29, 0.717) is 0 Å². The lowest BCUT2D eigenvalue weighted by Crippen LogP contribution is -2.07. The fourth-order valence-electron chi connectivity index (χ4n) is 3.45. The Morgan fingerprint density at radius 1 is 1.03 bits per heavy atom. The number of rotatable bonds is 5. The Hall–Kier alpha value is -3.64. The molecular weight excluding hydrogens is 406 g/mol. The second-order valence-corrected chi connectivity index (χ2v) is 8.15. The number of ether oxygens (including phenoxy) is 1. The number of nitrogens with zero attached hydrogens (tertiary/aromatic N) is 2. The van der Waals surface area contributed by atoms with E-state index in [2.05, 4.69) is 35.5 Å². The first-order valence-electron chi connectivity index (χ1n) is 10.1. The van der Waals surface area contributed by atoms with Crippen LogP contribution in [0.2, 0.25) is 0 Å². The quantitative estimate of drug-likeness (QED) is 0.339. The summed E-state index contributed by atoms with van der Waals surface area (Å²) in [4.78, 5) is 4.62. The molecule has 0 unspecified atom stereocenters. The lowest BCUT2D eigenvalue weighted by Gasteiger charge is -2.07. The summed E-state index contributed by atoms with van der Waals surface area (Å²) >= 11 is 1.58. The molecule has 2 aromatic heterocycles. The zero-order valence-corrected chi connectivity index (χ0v) is 18.1. The Balaban J connectivity index is 1.63. The molecule has 5 aromatic rings. The number of hydrogen-bond donors (Lipinski definition) is 1. The molecule has 6 heteroatoms. The van der Waals surface area contributed by atoms with Crippen LogP contribution in [0.4, 0.5) is 5.13 Å². The summed E-state index contributed by atoms with van der Waals surface area (Å²) in [6.45, 7) is 2.14. The van der Waals surface area contributed by atoms with Crippen molar-refractivity contribution < 1.29 is 9.15 Å². The summed E-state index contributed by atoms with van der Waals surface area (Å²) < 4.78 is 12.6. The second kappa shape index (κ2) is 8.24. The van der Waals surface area contributed by atoms with Crippen LogP contribution in [0.15, 0.2) is 82.3 Å². The molecule has 0 atom stereocenters. The predicted molar refractivity (Wildman–Crippen MR) is 126 cm³/mol. The number of aromatic nitrogens is 1. The van der Waals surface area contributed by atoms with E-state index in [0.717, 1.165) is 55.2 Å². The minimum absolute atomic E-state index is 0.740. The second-order valence-electron chi connectivity index (χ2n) is 7.12. The lowest BCUT2D eigenvalue weighted by atomic mass is 10.1. The van der Waals surface area contributed by atoms with Crippen LogP contribution in [0.1, 0.15) is 12.5 Å². The molecule has 2 heterocycles. The molecule has 31 heavy (non-hydrogen) atoms. The summed E-state index contributed by atoms with van der Waals surface area (Å²) in [5.74, 6) is 1.55. The largest absolute Gasteiger partial charge is 0.497 e. The number of anilines is 1. The van der Waals surface area contributed by atoms with Crippen LogP contribution in [0.25, 0.3) is 32.5 Å². The van der Waals surface area contributed by atoms with Gasteiger partial charge in [0.1, 0.15) is 17.1 Å². The fraction of sp³-hybridized carbons (Fsp3) is 0.120. The zero-order chi connectivity index (χ0) is 21.2. The van der Waals surface area contributed by atoms with Crippen molar-refractivity contribution in [3.63, 3.8) is 0 Å². The molecule has 0 spiro atoms. The van der Waals surface area contributed by atoms with Gasteiger partial charge in [-0.1, -0.05) is 36.5 Å². The van der Waals surface area contributed by atoms with Gasteiger partial charge in [-0.2, -0.15) is 5.10 Å². The maximum absolute atomic E-state index is 6.22. The zero-order valence-electron chi connectivity index (χ0n) is 17.3. The van der Waals surface area contributed by atoms with Crippen LogP contribution in [-0.2, 0) is 6.42 Å². The molecule has 0 fully saturated rings. The van der Waals surface area contributed by atoms with Crippen LogP contribution in [-0.4, -0.2) is 12.1 Å². The van der Waals surface area contributed by atoms with Crippen molar-refractivity contribution in [1.29, 1.82) is 0 Å². The molecule has 0 aliphatic carbocycles.